The van der Waals surface area contributed by atoms with E-state index in [0.717, 1.165) is 4.90 Å². The monoisotopic (exact) mass is 158 g/mol. The van der Waals surface area contributed by atoms with E-state index in [1.54, 1.807) is 0 Å². The van der Waals surface area contributed by atoms with Gasteiger partial charge in [-0.3, -0.25) is 4.90 Å². The van der Waals surface area contributed by atoms with Crippen molar-refractivity contribution in [2.24, 2.45) is 0 Å². The van der Waals surface area contributed by atoms with Gasteiger partial charge in [0.2, 0.25) is 0 Å². The van der Waals surface area contributed by atoms with E-state index < -0.39 is 18.5 Å². The van der Waals surface area contributed by atoms with Gasteiger partial charge >= 0.3 is 6.03 Å². The number of amides is 2. The second kappa shape index (κ2) is 2.89. The first-order valence-corrected chi connectivity index (χ1v) is 3.21. The van der Waals surface area contributed by atoms with Crippen LogP contribution in [0.4, 0.5) is 4.79 Å². The molecule has 5 nitrogen and oxygen atoms in total. The molecule has 0 bridgehead atoms. The lowest BCUT2D eigenvalue weighted by Crippen LogP contribution is -2.36. The lowest BCUT2D eigenvalue weighted by atomic mass is 10.4. The van der Waals surface area contributed by atoms with Crippen molar-refractivity contribution in [3.63, 3.8) is 0 Å². The van der Waals surface area contributed by atoms with Crippen molar-refractivity contribution in [3.8, 4) is 0 Å². The average molecular weight is 158 g/mol. The summed E-state index contributed by atoms with van der Waals surface area (Å²) in [4.78, 5) is 11.9. The minimum atomic E-state index is -1.19. The van der Waals surface area contributed by atoms with Crippen molar-refractivity contribution >= 4 is 6.03 Å². The van der Waals surface area contributed by atoms with E-state index >= 15 is 0 Å². The van der Waals surface area contributed by atoms with Crippen LogP contribution < -0.4 is 5.32 Å². The highest BCUT2D eigenvalue weighted by molar-refractivity contribution is 5.77. The first-order valence-electron chi connectivity index (χ1n) is 3.21. The number of hydrogen-bond acceptors (Lipinski definition) is 3. The van der Waals surface area contributed by atoms with Crippen LogP contribution in [0.2, 0.25) is 0 Å². The molecule has 1 rings (SSSR count). The number of nitrogens with one attached hydrogen (secondary N) is 1. The summed E-state index contributed by atoms with van der Waals surface area (Å²) in [5.74, 6) is 0. The van der Waals surface area contributed by atoms with E-state index in [4.69, 9.17) is 10.2 Å². The number of hydrogen-bond donors (Lipinski definition) is 3. The highest BCUT2D eigenvalue weighted by atomic mass is 16.4. The molecule has 3 N–H and O–H groups in total. The third-order valence-corrected chi connectivity index (χ3v) is 1.46. The summed E-state index contributed by atoms with van der Waals surface area (Å²) in [7, 11) is 0. The predicted octanol–water partition coefficient (Wildman–Crippen LogP) is -1.17. The fourth-order valence-corrected chi connectivity index (χ4v) is 0.905. The fourth-order valence-electron chi connectivity index (χ4n) is 0.905. The van der Waals surface area contributed by atoms with Gasteiger partial charge in [-0.2, -0.15) is 0 Å². The molecule has 11 heavy (non-hydrogen) atoms. The Morgan fingerprint density at radius 1 is 1.73 bits per heavy atom. The molecule has 2 unspecified atom stereocenters. The van der Waals surface area contributed by atoms with E-state index in [1.165, 1.54) is 6.08 Å². The Balaban J connectivity index is 2.63. The standard InChI is InChI=1S/C6H10N2O3/c1-2-3-8-5(10)4(9)7-6(8)11/h2,4-5,9-10H,1,3H2,(H,7,11). The van der Waals surface area contributed by atoms with Gasteiger partial charge in [-0.15, -0.1) is 6.58 Å². The lowest BCUT2D eigenvalue weighted by molar-refractivity contribution is -0.0300. The first-order chi connectivity index (χ1) is 5.16. The number of carbonyl (C=O) groups excluding carboxylic acids is 1. The normalized spacial score (nSPS) is 30.4. The van der Waals surface area contributed by atoms with Crippen LogP contribution in [0, 0.1) is 0 Å². The van der Waals surface area contributed by atoms with Crippen LogP contribution in [0.15, 0.2) is 12.7 Å². The zero-order valence-electron chi connectivity index (χ0n) is 5.90. The number of aliphatic hydroxyl groups is 2. The van der Waals surface area contributed by atoms with E-state index in [0.29, 0.717) is 0 Å². The Bertz CT molecular complexity index is 183. The van der Waals surface area contributed by atoms with Crippen molar-refractivity contribution in [1.29, 1.82) is 0 Å². The van der Waals surface area contributed by atoms with Crippen LogP contribution >= 0.6 is 0 Å². The Morgan fingerprint density at radius 3 is 2.73 bits per heavy atom. The molecule has 5 heteroatoms. The van der Waals surface area contributed by atoms with Gasteiger partial charge in [-0.25, -0.2) is 4.79 Å². The van der Waals surface area contributed by atoms with Crippen LogP contribution in [0.1, 0.15) is 0 Å². The van der Waals surface area contributed by atoms with Crippen LogP contribution in [-0.2, 0) is 0 Å². The van der Waals surface area contributed by atoms with E-state index in [1.807, 2.05) is 0 Å². The highest BCUT2D eigenvalue weighted by Crippen LogP contribution is 2.08. The van der Waals surface area contributed by atoms with Crippen LogP contribution in [0.5, 0.6) is 0 Å². The van der Waals surface area contributed by atoms with Crippen LogP contribution in [-0.4, -0.2) is 40.1 Å². The van der Waals surface area contributed by atoms with Crippen molar-refractivity contribution < 1.29 is 15.0 Å². The quantitative estimate of drug-likeness (QED) is 0.443. The zero-order valence-corrected chi connectivity index (χ0v) is 5.90. The molecule has 2 amide bonds. The van der Waals surface area contributed by atoms with Crippen LogP contribution in [0.25, 0.3) is 0 Å². The minimum absolute atomic E-state index is 0.226. The van der Waals surface area contributed by atoms with E-state index in [9.17, 15) is 4.79 Å². The van der Waals surface area contributed by atoms with Gasteiger partial charge in [-0.05, 0) is 0 Å². The number of rotatable bonds is 2. The van der Waals surface area contributed by atoms with Crippen molar-refractivity contribution in [3.05, 3.63) is 12.7 Å². The molecule has 0 radical (unpaired) electrons. The summed E-state index contributed by atoms with van der Waals surface area (Å²) >= 11 is 0. The zero-order chi connectivity index (χ0) is 8.43. The molecule has 1 fully saturated rings. The summed E-state index contributed by atoms with van der Waals surface area (Å²) in [6, 6.07) is -0.482. The first kappa shape index (κ1) is 8.03. The lowest BCUT2D eigenvalue weighted by Gasteiger charge is -2.16. The number of nitrogens with zero attached hydrogens (tertiary/aromatic N) is 1. The topological polar surface area (TPSA) is 72.8 Å². The van der Waals surface area contributed by atoms with E-state index in [2.05, 4.69) is 11.9 Å². The number of carbonyl (C=O) groups is 1. The van der Waals surface area contributed by atoms with Crippen LogP contribution in [0.3, 0.4) is 0 Å². The number of urea groups is 1. The molecular formula is C6H10N2O3. The molecule has 62 valence electrons. The van der Waals surface area contributed by atoms with Crippen molar-refractivity contribution in [2.75, 3.05) is 6.54 Å². The van der Waals surface area contributed by atoms with Crippen molar-refractivity contribution in [1.82, 2.24) is 10.2 Å². The third kappa shape index (κ3) is 1.33. The molecule has 2 atom stereocenters. The smallest absolute Gasteiger partial charge is 0.322 e. The third-order valence-electron chi connectivity index (χ3n) is 1.46. The van der Waals surface area contributed by atoms with Crippen molar-refractivity contribution in [2.45, 2.75) is 12.5 Å². The molecule has 1 heterocycles. The molecule has 1 aliphatic rings. The summed E-state index contributed by atoms with van der Waals surface area (Å²) in [6.07, 6.45) is -0.885. The Morgan fingerprint density at radius 2 is 2.36 bits per heavy atom. The van der Waals surface area contributed by atoms with Gasteiger partial charge in [0.15, 0.2) is 12.5 Å². The van der Waals surface area contributed by atoms with Gasteiger partial charge in [-0.1, -0.05) is 6.08 Å². The van der Waals surface area contributed by atoms with Gasteiger partial charge in [0.25, 0.3) is 0 Å². The molecule has 0 spiro atoms. The molecular weight excluding hydrogens is 148 g/mol. The second-order valence-electron chi connectivity index (χ2n) is 2.25. The summed E-state index contributed by atoms with van der Waals surface area (Å²) < 4.78 is 0. The largest absolute Gasteiger partial charge is 0.369 e. The maximum absolute atomic E-state index is 10.8. The number of aliphatic hydroxyl groups excluding tert-OH is 2. The summed E-state index contributed by atoms with van der Waals surface area (Å²) in [5.41, 5.74) is 0. The molecule has 0 saturated carbocycles. The predicted molar refractivity (Wildman–Crippen MR) is 37.4 cm³/mol. The molecule has 0 aromatic rings. The molecule has 0 aliphatic carbocycles. The minimum Gasteiger partial charge on any atom is -0.369 e. The molecule has 1 aliphatic heterocycles. The Labute approximate surface area is 63.9 Å². The SMILES string of the molecule is C=CCN1C(=O)NC(O)C1O. The average Bonchev–Trinajstić information content (AvgIpc) is 2.17. The fraction of sp³-hybridized carbons (Fsp3) is 0.500. The Hall–Kier alpha value is -1.07. The van der Waals surface area contributed by atoms with Gasteiger partial charge in [0.05, 0.1) is 0 Å². The Kier molecular flexibility index (Phi) is 2.11. The molecule has 0 aromatic carbocycles. The maximum Gasteiger partial charge on any atom is 0.322 e. The maximum atomic E-state index is 10.8. The second-order valence-corrected chi connectivity index (χ2v) is 2.25. The molecule has 1 saturated heterocycles. The highest BCUT2D eigenvalue weighted by Gasteiger charge is 2.35. The summed E-state index contributed by atoms with van der Waals surface area (Å²) in [5, 5.41) is 20.2. The molecule has 0 aromatic heterocycles. The summed E-state index contributed by atoms with van der Waals surface area (Å²) in [6.45, 7) is 3.63. The van der Waals surface area contributed by atoms with Gasteiger partial charge in [0, 0.05) is 6.54 Å². The van der Waals surface area contributed by atoms with E-state index in [-0.39, 0.29) is 6.54 Å². The van der Waals surface area contributed by atoms with Gasteiger partial charge < -0.3 is 15.5 Å². The van der Waals surface area contributed by atoms with Gasteiger partial charge in [0.1, 0.15) is 0 Å².